The van der Waals surface area contributed by atoms with Crippen LogP contribution in [0.3, 0.4) is 0 Å². The molecule has 1 amide bonds. The van der Waals surface area contributed by atoms with Gasteiger partial charge in [0.2, 0.25) is 0 Å². The van der Waals surface area contributed by atoms with Crippen LogP contribution in [0.15, 0.2) is 23.3 Å². The second-order valence-electron chi connectivity index (χ2n) is 4.97. The summed E-state index contributed by atoms with van der Waals surface area (Å²) in [6.45, 7) is 4.10. The van der Waals surface area contributed by atoms with Crippen molar-refractivity contribution in [3.05, 3.63) is 29.3 Å². The lowest BCUT2D eigenvalue weighted by atomic mass is 10.1. The predicted octanol–water partition coefficient (Wildman–Crippen LogP) is 2.81. The highest BCUT2D eigenvalue weighted by Crippen LogP contribution is 2.36. The van der Waals surface area contributed by atoms with Crippen molar-refractivity contribution in [2.45, 2.75) is 33.1 Å². The average Bonchev–Trinajstić information content (AvgIpc) is 3.07. The molecule has 0 bridgehead atoms. The average molecular weight is 228 g/mol. The van der Waals surface area contributed by atoms with Crippen LogP contribution in [-0.2, 0) is 4.79 Å². The Balaban J connectivity index is 1.98. The summed E-state index contributed by atoms with van der Waals surface area (Å²) in [4.78, 5) is 12.0. The summed E-state index contributed by atoms with van der Waals surface area (Å²) in [5.74, 6) is 0.690. The number of hydrogen-bond donors (Lipinski definition) is 0. The fraction of sp³-hybridized carbons (Fsp3) is 0.429. The molecule has 1 heterocycles. The molecule has 3 heteroatoms. The Hall–Kier alpha value is -1.64. The number of rotatable bonds is 2. The van der Waals surface area contributed by atoms with Gasteiger partial charge < -0.3 is 0 Å². The fourth-order valence-corrected chi connectivity index (χ4v) is 2.25. The third-order valence-electron chi connectivity index (χ3n) is 3.65. The zero-order valence-corrected chi connectivity index (χ0v) is 10.2. The monoisotopic (exact) mass is 228 g/mol. The lowest BCUT2D eigenvalue weighted by molar-refractivity contribution is -0.116. The highest BCUT2D eigenvalue weighted by Gasteiger charge is 2.35. The first-order valence-electron chi connectivity index (χ1n) is 6.13. The van der Waals surface area contributed by atoms with Gasteiger partial charge in [-0.3, -0.25) is 4.79 Å². The predicted molar refractivity (Wildman–Crippen MR) is 68.2 cm³/mol. The van der Waals surface area contributed by atoms with Gasteiger partial charge in [0.25, 0.3) is 5.91 Å². The first kappa shape index (κ1) is 10.5. The van der Waals surface area contributed by atoms with E-state index in [2.05, 4.69) is 18.1 Å². The number of anilines is 1. The summed E-state index contributed by atoms with van der Waals surface area (Å²) in [5, 5.41) is 6.10. The van der Waals surface area contributed by atoms with Gasteiger partial charge in [-0.05, 0) is 49.8 Å². The third kappa shape index (κ3) is 1.75. The van der Waals surface area contributed by atoms with Crippen molar-refractivity contribution >= 4 is 17.3 Å². The van der Waals surface area contributed by atoms with Crippen molar-refractivity contribution in [1.29, 1.82) is 0 Å². The molecule has 0 N–H and O–H groups in total. The number of carbonyl (C=O) groups is 1. The van der Waals surface area contributed by atoms with Gasteiger partial charge in [-0.25, -0.2) is 5.01 Å². The Bertz CT molecular complexity index is 515. The molecule has 0 saturated heterocycles. The lowest BCUT2D eigenvalue weighted by Gasteiger charge is -2.15. The summed E-state index contributed by atoms with van der Waals surface area (Å²) in [6.07, 6.45) is 2.91. The molecule has 1 aliphatic carbocycles. The lowest BCUT2D eigenvalue weighted by Crippen LogP contribution is -2.20. The molecule has 1 aromatic rings. The van der Waals surface area contributed by atoms with Crippen molar-refractivity contribution < 1.29 is 4.79 Å². The Morgan fingerprint density at radius 2 is 2.06 bits per heavy atom. The molecule has 0 unspecified atom stereocenters. The van der Waals surface area contributed by atoms with E-state index in [1.807, 2.05) is 19.1 Å². The second-order valence-corrected chi connectivity index (χ2v) is 4.97. The van der Waals surface area contributed by atoms with Crippen molar-refractivity contribution in [1.82, 2.24) is 0 Å². The van der Waals surface area contributed by atoms with E-state index in [-0.39, 0.29) is 5.91 Å². The number of benzene rings is 1. The van der Waals surface area contributed by atoms with E-state index in [1.54, 1.807) is 5.01 Å². The molecule has 1 aliphatic heterocycles. The van der Waals surface area contributed by atoms with Gasteiger partial charge >= 0.3 is 0 Å². The van der Waals surface area contributed by atoms with Crippen molar-refractivity contribution in [2.24, 2.45) is 11.0 Å². The summed E-state index contributed by atoms with van der Waals surface area (Å²) in [5.41, 5.74) is 4.36. The van der Waals surface area contributed by atoms with Crippen LogP contribution in [0, 0.1) is 19.8 Å². The third-order valence-corrected chi connectivity index (χ3v) is 3.65. The first-order chi connectivity index (χ1) is 8.16. The summed E-state index contributed by atoms with van der Waals surface area (Å²) < 4.78 is 0. The maximum Gasteiger partial charge on any atom is 0.253 e. The van der Waals surface area contributed by atoms with E-state index in [1.165, 1.54) is 18.4 Å². The van der Waals surface area contributed by atoms with E-state index < -0.39 is 0 Å². The van der Waals surface area contributed by atoms with Crippen LogP contribution in [0.1, 0.15) is 30.4 Å². The zero-order chi connectivity index (χ0) is 12.0. The quantitative estimate of drug-likeness (QED) is 0.766. The molecule has 0 radical (unpaired) electrons. The van der Waals surface area contributed by atoms with E-state index in [9.17, 15) is 4.79 Å². The number of nitrogens with zero attached hydrogens (tertiary/aromatic N) is 2. The largest absolute Gasteiger partial charge is 0.272 e. The highest BCUT2D eigenvalue weighted by atomic mass is 16.2. The molecule has 1 saturated carbocycles. The van der Waals surface area contributed by atoms with Crippen LogP contribution in [0.2, 0.25) is 0 Å². The minimum atomic E-state index is 0.112. The van der Waals surface area contributed by atoms with E-state index in [0.717, 1.165) is 17.0 Å². The van der Waals surface area contributed by atoms with E-state index in [4.69, 9.17) is 0 Å². The van der Waals surface area contributed by atoms with Crippen molar-refractivity contribution in [2.75, 3.05) is 5.01 Å². The van der Waals surface area contributed by atoms with Crippen LogP contribution in [0.5, 0.6) is 0 Å². The summed E-state index contributed by atoms with van der Waals surface area (Å²) >= 11 is 0. The first-order valence-corrected chi connectivity index (χ1v) is 6.13. The number of carbonyl (C=O) groups excluding carboxylic acids is 1. The molecule has 0 spiro atoms. The molecular weight excluding hydrogens is 212 g/mol. The fourth-order valence-electron chi connectivity index (χ4n) is 2.25. The molecule has 1 aromatic carbocycles. The molecule has 0 aromatic heterocycles. The number of hydrazone groups is 1. The van der Waals surface area contributed by atoms with Crippen LogP contribution >= 0.6 is 0 Å². The van der Waals surface area contributed by atoms with Gasteiger partial charge in [0.15, 0.2) is 0 Å². The number of amides is 1. The molecule has 1 fully saturated rings. The summed E-state index contributed by atoms with van der Waals surface area (Å²) in [6, 6.07) is 6.01. The topological polar surface area (TPSA) is 32.7 Å². The van der Waals surface area contributed by atoms with Gasteiger partial charge in [-0.1, -0.05) is 12.1 Å². The molecule has 3 nitrogen and oxygen atoms in total. The molecular formula is C14H16N2O. The minimum Gasteiger partial charge on any atom is -0.272 e. The van der Waals surface area contributed by atoms with Crippen LogP contribution in [0.25, 0.3) is 0 Å². The molecule has 3 rings (SSSR count). The minimum absolute atomic E-state index is 0.112. The Labute approximate surface area is 101 Å². The molecule has 0 atom stereocenters. The van der Waals surface area contributed by atoms with Crippen LogP contribution < -0.4 is 5.01 Å². The smallest absolute Gasteiger partial charge is 0.253 e. The van der Waals surface area contributed by atoms with E-state index >= 15 is 0 Å². The van der Waals surface area contributed by atoms with Crippen LogP contribution in [0.4, 0.5) is 5.69 Å². The molecule has 2 aliphatic rings. The normalized spacial score (nSPS) is 19.8. The van der Waals surface area contributed by atoms with Crippen LogP contribution in [-0.4, -0.2) is 11.6 Å². The van der Waals surface area contributed by atoms with E-state index in [0.29, 0.717) is 12.3 Å². The van der Waals surface area contributed by atoms with Gasteiger partial charge in [0.05, 0.1) is 17.8 Å². The van der Waals surface area contributed by atoms with Crippen molar-refractivity contribution in [3.63, 3.8) is 0 Å². The number of aryl methyl sites for hydroxylation is 1. The van der Waals surface area contributed by atoms with Gasteiger partial charge in [0.1, 0.15) is 0 Å². The Kier molecular flexibility index (Phi) is 2.28. The molecule has 88 valence electrons. The van der Waals surface area contributed by atoms with Gasteiger partial charge in [-0.15, -0.1) is 0 Å². The zero-order valence-electron chi connectivity index (χ0n) is 10.2. The van der Waals surface area contributed by atoms with Crippen molar-refractivity contribution in [3.8, 4) is 0 Å². The summed E-state index contributed by atoms with van der Waals surface area (Å²) in [7, 11) is 0. The maximum absolute atomic E-state index is 12.0. The Morgan fingerprint density at radius 1 is 1.29 bits per heavy atom. The standard InChI is InChI=1S/C14H16N2O/c1-9-4-3-5-13(10(9)2)16-14(17)8-12(15-16)11-6-7-11/h3-5,11H,6-8H2,1-2H3. The Morgan fingerprint density at radius 3 is 2.76 bits per heavy atom. The second kappa shape index (κ2) is 3.69. The highest BCUT2D eigenvalue weighted by molar-refractivity contribution is 6.14. The SMILES string of the molecule is Cc1cccc(N2N=C(C3CC3)CC2=O)c1C. The van der Waals surface area contributed by atoms with Gasteiger partial charge in [0, 0.05) is 0 Å². The maximum atomic E-state index is 12.0. The number of hydrogen-bond acceptors (Lipinski definition) is 2. The van der Waals surface area contributed by atoms with Gasteiger partial charge in [-0.2, -0.15) is 5.10 Å². The molecule has 17 heavy (non-hydrogen) atoms.